The standard InChI is InChI=1S/C22H25N3O4/c1-15-5-10-20-23-18(13-25(20)11-15)14-29-19-8-6-17(7-9-19)21(26)24(3)12-16(2)22(27)28-4/h5-11,13,16H,12,14H2,1-4H3. The van der Waals surface area contributed by atoms with Gasteiger partial charge in [-0.25, -0.2) is 4.98 Å². The number of benzene rings is 1. The molecule has 2 heterocycles. The number of fused-ring (bicyclic) bond motifs is 1. The van der Waals surface area contributed by atoms with E-state index in [2.05, 4.69) is 4.98 Å². The monoisotopic (exact) mass is 395 g/mol. The van der Waals surface area contributed by atoms with Gasteiger partial charge in [-0.1, -0.05) is 13.0 Å². The molecule has 0 aliphatic rings. The van der Waals surface area contributed by atoms with Crippen LogP contribution in [0, 0.1) is 12.8 Å². The van der Waals surface area contributed by atoms with E-state index in [1.165, 1.54) is 12.0 Å². The summed E-state index contributed by atoms with van der Waals surface area (Å²) < 4.78 is 12.5. The predicted octanol–water partition coefficient (Wildman–Crippen LogP) is 3.10. The van der Waals surface area contributed by atoms with E-state index in [-0.39, 0.29) is 24.3 Å². The molecule has 0 saturated heterocycles. The minimum absolute atomic E-state index is 0.164. The van der Waals surface area contributed by atoms with E-state index in [1.807, 2.05) is 35.9 Å². The molecule has 0 bridgehead atoms. The number of carbonyl (C=O) groups is 2. The zero-order chi connectivity index (χ0) is 21.0. The van der Waals surface area contributed by atoms with Gasteiger partial charge in [0.15, 0.2) is 0 Å². The summed E-state index contributed by atoms with van der Waals surface area (Å²) in [6.45, 7) is 4.39. The smallest absolute Gasteiger partial charge is 0.310 e. The molecule has 0 saturated carbocycles. The van der Waals surface area contributed by atoms with Crippen molar-refractivity contribution >= 4 is 17.5 Å². The fraction of sp³-hybridized carbons (Fsp3) is 0.318. The summed E-state index contributed by atoms with van der Waals surface area (Å²) in [4.78, 5) is 30.1. The van der Waals surface area contributed by atoms with Gasteiger partial charge in [-0.2, -0.15) is 0 Å². The van der Waals surface area contributed by atoms with Crippen LogP contribution in [0.5, 0.6) is 5.75 Å². The first-order chi connectivity index (χ1) is 13.9. The Morgan fingerprint density at radius 1 is 1.14 bits per heavy atom. The van der Waals surface area contributed by atoms with Crippen molar-refractivity contribution in [1.82, 2.24) is 14.3 Å². The van der Waals surface area contributed by atoms with E-state index >= 15 is 0 Å². The summed E-state index contributed by atoms with van der Waals surface area (Å²) in [5.74, 6) is -0.232. The molecule has 3 rings (SSSR count). The predicted molar refractivity (Wildman–Crippen MR) is 109 cm³/mol. The number of aromatic nitrogens is 2. The average Bonchev–Trinajstić information content (AvgIpc) is 3.13. The minimum atomic E-state index is -0.384. The highest BCUT2D eigenvalue weighted by Crippen LogP contribution is 2.16. The first-order valence-corrected chi connectivity index (χ1v) is 9.37. The zero-order valence-electron chi connectivity index (χ0n) is 17.1. The maximum absolute atomic E-state index is 12.5. The van der Waals surface area contributed by atoms with Gasteiger partial charge in [0, 0.05) is 31.5 Å². The van der Waals surface area contributed by atoms with Crippen molar-refractivity contribution in [1.29, 1.82) is 0 Å². The van der Waals surface area contributed by atoms with Crippen LogP contribution in [0.15, 0.2) is 48.8 Å². The Kier molecular flexibility index (Phi) is 6.16. The molecule has 0 N–H and O–H groups in total. The van der Waals surface area contributed by atoms with Crippen molar-refractivity contribution in [3.05, 3.63) is 65.6 Å². The van der Waals surface area contributed by atoms with Crippen LogP contribution in [0.4, 0.5) is 0 Å². The quantitative estimate of drug-likeness (QED) is 0.575. The lowest BCUT2D eigenvalue weighted by Crippen LogP contribution is -2.34. The first-order valence-electron chi connectivity index (χ1n) is 9.37. The lowest BCUT2D eigenvalue weighted by Gasteiger charge is -2.20. The number of aryl methyl sites for hydroxylation is 1. The van der Waals surface area contributed by atoms with Gasteiger partial charge in [0.25, 0.3) is 5.91 Å². The number of ether oxygens (including phenoxy) is 2. The lowest BCUT2D eigenvalue weighted by atomic mass is 10.1. The van der Waals surface area contributed by atoms with Gasteiger partial charge in [0.05, 0.1) is 18.7 Å². The Labute approximate surface area is 169 Å². The molecule has 1 atom stereocenters. The zero-order valence-corrected chi connectivity index (χ0v) is 17.1. The molecule has 1 aromatic carbocycles. The van der Waals surface area contributed by atoms with Crippen molar-refractivity contribution in [3.8, 4) is 5.75 Å². The van der Waals surface area contributed by atoms with Crippen LogP contribution in [0.2, 0.25) is 0 Å². The van der Waals surface area contributed by atoms with Crippen molar-refractivity contribution < 1.29 is 19.1 Å². The molecule has 1 amide bonds. The summed E-state index contributed by atoms with van der Waals surface area (Å²) in [6, 6.07) is 10.9. The summed E-state index contributed by atoms with van der Waals surface area (Å²) in [5, 5.41) is 0. The summed E-state index contributed by atoms with van der Waals surface area (Å²) in [6.07, 6.45) is 3.96. The molecule has 152 valence electrons. The molecular weight excluding hydrogens is 370 g/mol. The van der Waals surface area contributed by atoms with E-state index in [1.54, 1.807) is 38.2 Å². The minimum Gasteiger partial charge on any atom is -0.487 e. The Bertz CT molecular complexity index is 1010. The number of esters is 1. The van der Waals surface area contributed by atoms with Crippen molar-refractivity contribution in [2.24, 2.45) is 5.92 Å². The van der Waals surface area contributed by atoms with Crippen molar-refractivity contribution in [2.45, 2.75) is 20.5 Å². The second-order valence-corrected chi connectivity index (χ2v) is 7.13. The van der Waals surface area contributed by atoms with E-state index in [9.17, 15) is 9.59 Å². The summed E-state index contributed by atoms with van der Waals surface area (Å²) in [7, 11) is 3.00. The van der Waals surface area contributed by atoms with E-state index in [0.29, 0.717) is 17.9 Å². The number of imidazole rings is 1. The molecule has 3 aromatic rings. The van der Waals surface area contributed by atoms with Crippen LogP contribution in [0.3, 0.4) is 0 Å². The number of hydrogen-bond acceptors (Lipinski definition) is 5. The summed E-state index contributed by atoms with van der Waals surface area (Å²) in [5.41, 5.74) is 3.39. The average molecular weight is 395 g/mol. The third kappa shape index (κ3) is 4.93. The number of hydrogen-bond donors (Lipinski definition) is 0. The number of carbonyl (C=O) groups excluding carboxylic acids is 2. The highest BCUT2D eigenvalue weighted by Gasteiger charge is 2.19. The number of nitrogens with zero attached hydrogens (tertiary/aromatic N) is 3. The van der Waals surface area contributed by atoms with Gasteiger partial charge in [0.2, 0.25) is 0 Å². The topological polar surface area (TPSA) is 73.1 Å². The lowest BCUT2D eigenvalue weighted by molar-refractivity contribution is -0.145. The number of rotatable bonds is 7. The molecule has 7 heteroatoms. The second kappa shape index (κ2) is 8.77. The van der Waals surface area contributed by atoms with Crippen LogP contribution < -0.4 is 4.74 Å². The highest BCUT2D eigenvalue weighted by atomic mass is 16.5. The van der Waals surface area contributed by atoms with Gasteiger partial charge < -0.3 is 18.8 Å². The normalized spacial score (nSPS) is 11.9. The Hall–Kier alpha value is -3.35. The fourth-order valence-corrected chi connectivity index (χ4v) is 3.07. The van der Waals surface area contributed by atoms with Crippen molar-refractivity contribution in [3.63, 3.8) is 0 Å². The molecule has 0 fully saturated rings. The van der Waals surface area contributed by atoms with Gasteiger partial charge >= 0.3 is 5.97 Å². The number of methoxy groups -OCH3 is 1. The molecule has 2 aromatic heterocycles. The van der Waals surface area contributed by atoms with Crippen LogP contribution >= 0.6 is 0 Å². The third-order valence-electron chi connectivity index (χ3n) is 4.63. The van der Waals surface area contributed by atoms with Gasteiger partial charge in [-0.3, -0.25) is 9.59 Å². The first kappa shape index (κ1) is 20.4. The molecule has 1 unspecified atom stereocenters. The van der Waals surface area contributed by atoms with Crippen LogP contribution in [-0.2, 0) is 16.1 Å². The van der Waals surface area contributed by atoms with Gasteiger partial charge in [-0.15, -0.1) is 0 Å². The fourth-order valence-electron chi connectivity index (χ4n) is 3.07. The SMILES string of the molecule is COC(=O)C(C)CN(C)C(=O)c1ccc(OCc2cn3cc(C)ccc3n2)cc1. The molecule has 0 aliphatic carbocycles. The molecule has 0 radical (unpaired) electrons. The van der Waals surface area contributed by atoms with Crippen LogP contribution in [0.1, 0.15) is 28.5 Å². The molecule has 0 aliphatic heterocycles. The molecule has 0 spiro atoms. The van der Waals surface area contributed by atoms with Gasteiger partial charge in [-0.05, 0) is 42.8 Å². The third-order valence-corrected chi connectivity index (χ3v) is 4.63. The second-order valence-electron chi connectivity index (χ2n) is 7.13. The van der Waals surface area contributed by atoms with E-state index in [4.69, 9.17) is 9.47 Å². The highest BCUT2D eigenvalue weighted by molar-refractivity contribution is 5.94. The Balaban J connectivity index is 1.59. The largest absolute Gasteiger partial charge is 0.487 e. The Morgan fingerprint density at radius 2 is 1.86 bits per heavy atom. The Morgan fingerprint density at radius 3 is 2.55 bits per heavy atom. The van der Waals surface area contributed by atoms with Crippen molar-refractivity contribution in [2.75, 3.05) is 20.7 Å². The van der Waals surface area contributed by atoms with Gasteiger partial charge in [0.1, 0.15) is 18.0 Å². The maximum Gasteiger partial charge on any atom is 0.310 e. The van der Waals surface area contributed by atoms with E-state index < -0.39 is 0 Å². The molecular formula is C22H25N3O4. The van der Waals surface area contributed by atoms with E-state index in [0.717, 1.165) is 16.9 Å². The number of pyridine rings is 1. The maximum atomic E-state index is 12.5. The van der Waals surface area contributed by atoms with Crippen LogP contribution in [-0.4, -0.2) is 46.9 Å². The van der Waals surface area contributed by atoms with Crippen LogP contribution in [0.25, 0.3) is 5.65 Å². The molecule has 7 nitrogen and oxygen atoms in total. The summed E-state index contributed by atoms with van der Waals surface area (Å²) >= 11 is 0. The molecule has 29 heavy (non-hydrogen) atoms. The number of amides is 1.